The van der Waals surface area contributed by atoms with E-state index in [0.29, 0.717) is 12.1 Å². The van der Waals surface area contributed by atoms with Crippen LogP contribution in [0.3, 0.4) is 0 Å². The Morgan fingerprint density at radius 3 is 2.39 bits per heavy atom. The molecule has 1 aliphatic rings. The Labute approximate surface area is 204 Å². The molecule has 1 aromatic heterocycles. The predicted molar refractivity (Wildman–Crippen MR) is 122 cm³/mol. The minimum Gasteiger partial charge on any atom is -0.415 e. The van der Waals surface area contributed by atoms with Gasteiger partial charge in [0.15, 0.2) is 5.67 Å². The van der Waals surface area contributed by atoms with Gasteiger partial charge in [-0.05, 0) is 24.3 Å². The number of benzene rings is 2. The first-order valence-corrected chi connectivity index (χ1v) is 11.5. The first-order valence-electron chi connectivity index (χ1n) is 11.5. The zero-order chi connectivity index (χ0) is 25.9. The number of carbonyl (C=O) groups is 2. The number of para-hydroxylation sites is 1. The van der Waals surface area contributed by atoms with E-state index in [1.54, 1.807) is 37.3 Å². The van der Waals surface area contributed by atoms with Gasteiger partial charge in [-0.15, -0.1) is 10.2 Å². The van der Waals surface area contributed by atoms with E-state index in [0.717, 1.165) is 6.07 Å². The minimum absolute atomic E-state index is 0.0757. The number of piperidine rings is 1. The molecule has 0 atom stereocenters. The van der Waals surface area contributed by atoms with Crippen LogP contribution in [-0.4, -0.2) is 45.7 Å². The average molecular weight is 504 g/mol. The summed E-state index contributed by atoms with van der Waals surface area (Å²) in [5.74, 6) is -2.83. The van der Waals surface area contributed by atoms with Crippen LogP contribution in [0.2, 0.25) is 0 Å². The highest BCUT2D eigenvalue weighted by atomic mass is 19.3. The van der Waals surface area contributed by atoms with Crippen molar-refractivity contribution in [3.8, 4) is 11.5 Å². The van der Waals surface area contributed by atoms with Gasteiger partial charge in [0.2, 0.25) is 11.8 Å². The summed E-state index contributed by atoms with van der Waals surface area (Å²) < 4.78 is 61.2. The van der Waals surface area contributed by atoms with Crippen molar-refractivity contribution in [3.63, 3.8) is 0 Å². The van der Waals surface area contributed by atoms with Crippen LogP contribution < -0.4 is 4.90 Å². The van der Waals surface area contributed by atoms with Gasteiger partial charge in [0.1, 0.15) is 5.82 Å². The molecule has 0 unspecified atom stereocenters. The third kappa shape index (κ3) is 5.24. The molecule has 1 saturated heterocycles. The Morgan fingerprint density at radius 2 is 1.81 bits per heavy atom. The standard InChI is InChI=1S/C25H24F4N4O3/c1-2-20(34)32-12-10-25(29,11-13-32)24(35)33(18-6-4-3-5-7-18)15-17-9-8-16(14-19(17)26)22-30-31-23(36-22)21(27)28/h3-9,14,21H,2,10-13,15H2,1H3. The third-order valence-corrected chi connectivity index (χ3v) is 6.16. The Hall–Kier alpha value is -3.76. The highest BCUT2D eigenvalue weighted by Gasteiger charge is 2.45. The first-order chi connectivity index (χ1) is 17.2. The zero-order valence-corrected chi connectivity index (χ0v) is 19.5. The summed E-state index contributed by atoms with van der Waals surface area (Å²) in [6.45, 7) is 1.68. The second-order valence-corrected chi connectivity index (χ2v) is 8.48. The molecule has 7 nitrogen and oxygen atoms in total. The van der Waals surface area contributed by atoms with Crippen molar-refractivity contribution in [2.75, 3.05) is 18.0 Å². The molecule has 36 heavy (non-hydrogen) atoms. The van der Waals surface area contributed by atoms with Gasteiger partial charge in [-0.25, -0.2) is 8.78 Å². The van der Waals surface area contributed by atoms with E-state index in [2.05, 4.69) is 10.2 Å². The normalized spacial score (nSPS) is 15.2. The average Bonchev–Trinajstić information content (AvgIpc) is 3.39. The van der Waals surface area contributed by atoms with Crippen molar-refractivity contribution in [1.29, 1.82) is 0 Å². The Kier molecular flexibility index (Phi) is 7.37. The van der Waals surface area contributed by atoms with Crippen LogP contribution in [-0.2, 0) is 16.1 Å². The number of anilines is 1. The van der Waals surface area contributed by atoms with Gasteiger partial charge >= 0.3 is 6.43 Å². The SMILES string of the molecule is CCC(=O)N1CCC(F)(C(=O)N(Cc2ccc(-c3nnc(C(F)F)o3)cc2F)c2ccccc2)CC1. The van der Waals surface area contributed by atoms with Crippen LogP contribution in [0.15, 0.2) is 52.9 Å². The molecule has 1 aliphatic heterocycles. The van der Waals surface area contributed by atoms with Crippen LogP contribution in [0.4, 0.5) is 23.2 Å². The van der Waals surface area contributed by atoms with E-state index in [1.165, 1.54) is 21.9 Å². The number of alkyl halides is 3. The number of hydrogen-bond donors (Lipinski definition) is 0. The molecule has 0 aliphatic carbocycles. The number of amides is 2. The number of nitrogens with zero attached hydrogens (tertiary/aromatic N) is 4. The van der Waals surface area contributed by atoms with Crippen LogP contribution in [0.5, 0.6) is 0 Å². The molecule has 2 heterocycles. The minimum atomic E-state index is -2.96. The lowest BCUT2D eigenvalue weighted by Gasteiger charge is -2.38. The van der Waals surface area contributed by atoms with Crippen LogP contribution in [0.1, 0.15) is 44.1 Å². The number of halogens is 4. The summed E-state index contributed by atoms with van der Waals surface area (Å²) in [5.41, 5.74) is -1.67. The van der Waals surface area contributed by atoms with Crippen molar-refractivity contribution < 1.29 is 31.6 Å². The van der Waals surface area contributed by atoms with Crippen molar-refractivity contribution in [3.05, 3.63) is 65.8 Å². The molecule has 1 fully saturated rings. The molecular formula is C25H24F4N4O3. The fourth-order valence-corrected chi connectivity index (χ4v) is 4.10. The summed E-state index contributed by atoms with van der Waals surface area (Å²) in [5, 5.41) is 6.73. The lowest BCUT2D eigenvalue weighted by molar-refractivity contribution is -0.140. The van der Waals surface area contributed by atoms with E-state index >= 15 is 8.78 Å². The molecular weight excluding hydrogens is 480 g/mol. The van der Waals surface area contributed by atoms with Crippen molar-refractivity contribution in [2.24, 2.45) is 0 Å². The maximum Gasteiger partial charge on any atom is 0.314 e. The number of hydrogen-bond acceptors (Lipinski definition) is 5. The second kappa shape index (κ2) is 10.5. The van der Waals surface area contributed by atoms with Gasteiger partial charge in [0, 0.05) is 49.2 Å². The van der Waals surface area contributed by atoms with Crippen molar-refractivity contribution in [2.45, 2.75) is 44.8 Å². The highest BCUT2D eigenvalue weighted by Crippen LogP contribution is 2.33. The van der Waals surface area contributed by atoms with Gasteiger partial charge < -0.3 is 14.2 Å². The summed E-state index contributed by atoms with van der Waals surface area (Å²) in [6, 6.07) is 12.1. The van der Waals surface area contributed by atoms with Gasteiger partial charge in [-0.1, -0.05) is 31.2 Å². The molecule has 3 aromatic rings. The molecule has 0 radical (unpaired) electrons. The maximum atomic E-state index is 15.9. The Bertz CT molecular complexity index is 1230. The molecule has 2 amide bonds. The van der Waals surface area contributed by atoms with Crippen LogP contribution in [0.25, 0.3) is 11.5 Å². The monoisotopic (exact) mass is 504 g/mol. The molecule has 0 bridgehead atoms. The van der Waals surface area contributed by atoms with Gasteiger partial charge in [-0.3, -0.25) is 9.59 Å². The second-order valence-electron chi connectivity index (χ2n) is 8.48. The topological polar surface area (TPSA) is 79.5 Å². The fourth-order valence-electron chi connectivity index (χ4n) is 4.10. The van der Waals surface area contributed by atoms with Crippen molar-refractivity contribution >= 4 is 17.5 Å². The van der Waals surface area contributed by atoms with E-state index in [1.807, 2.05) is 0 Å². The summed E-state index contributed by atoms with van der Waals surface area (Å²) in [4.78, 5) is 28.1. The summed E-state index contributed by atoms with van der Waals surface area (Å²) in [6.07, 6.45) is -2.98. The lowest BCUT2D eigenvalue weighted by atomic mass is 9.91. The fraction of sp³-hybridized carbons (Fsp3) is 0.360. The lowest BCUT2D eigenvalue weighted by Crippen LogP contribution is -2.53. The van der Waals surface area contributed by atoms with E-state index in [-0.39, 0.29) is 55.4 Å². The Morgan fingerprint density at radius 1 is 1.11 bits per heavy atom. The molecule has 0 spiro atoms. The van der Waals surface area contributed by atoms with E-state index in [4.69, 9.17) is 4.42 Å². The van der Waals surface area contributed by atoms with Gasteiger partial charge in [0.25, 0.3) is 11.8 Å². The van der Waals surface area contributed by atoms with Crippen LogP contribution in [0, 0.1) is 5.82 Å². The molecule has 0 saturated carbocycles. The summed E-state index contributed by atoms with van der Waals surface area (Å²) in [7, 11) is 0. The predicted octanol–water partition coefficient (Wildman–Crippen LogP) is 5.09. The largest absolute Gasteiger partial charge is 0.415 e. The summed E-state index contributed by atoms with van der Waals surface area (Å²) >= 11 is 0. The third-order valence-electron chi connectivity index (χ3n) is 6.16. The van der Waals surface area contributed by atoms with Crippen LogP contribution >= 0.6 is 0 Å². The van der Waals surface area contributed by atoms with E-state index < -0.39 is 29.7 Å². The quantitative estimate of drug-likeness (QED) is 0.419. The maximum absolute atomic E-state index is 15.9. The molecule has 11 heteroatoms. The number of carbonyl (C=O) groups excluding carboxylic acids is 2. The highest BCUT2D eigenvalue weighted by molar-refractivity contribution is 5.99. The molecule has 190 valence electrons. The number of likely N-dealkylation sites (tertiary alicyclic amines) is 1. The molecule has 0 N–H and O–H groups in total. The van der Waals surface area contributed by atoms with Gasteiger partial charge in [0.05, 0.1) is 6.54 Å². The smallest absolute Gasteiger partial charge is 0.314 e. The van der Waals surface area contributed by atoms with Gasteiger partial charge in [-0.2, -0.15) is 8.78 Å². The Balaban J connectivity index is 1.58. The first kappa shape index (κ1) is 25.3. The van der Waals surface area contributed by atoms with Crippen molar-refractivity contribution in [1.82, 2.24) is 15.1 Å². The molecule has 2 aromatic carbocycles. The number of rotatable bonds is 7. The zero-order valence-electron chi connectivity index (χ0n) is 19.5. The van der Waals surface area contributed by atoms with E-state index in [9.17, 15) is 18.4 Å². The molecule has 4 rings (SSSR count). The number of aromatic nitrogens is 2.